The van der Waals surface area contributed by atoms with Crippen LogP contribution in [0.1, 0.15) is 0 Å². The summed E-state index contributed by atoms with van der Waals surface area (Å²) in [5.74, 6) is -8.23. The summed E-state index contributed by atoms with van der Waals surface area (Å²) in [7, 11) is 0. The minimum absolute atomic E-state index is 0. The molecule has 17 heteroatoms. The van der Waals surface area contributed by atoms with E-state index in [2.05, 4.69) is 0 Å². The van der Waals surface area contributed by atoms with Crippen LogP contribution < -0.4 is 20.4 Å². The van der Waals surface area contributed by atoms with E-state index < -0.39 is 48.3 Å². The van der Waals surface area contributed by atoms with Crippen molar-refractivity contribution in [3.8, 4) is 0 Å². The Hall–Kier alpha value is -1.06. The first-order valence-electron chi connectivity index (χ1n) is 4.49. The first-order valence-corrected chi connectivity index (χ1v) is 4.49. The molecule has 0 aromatic carbocycles. The number of carboxylic acid groups (broad SMARTS) is 4. The Morgan fingerprint density at radius 2 is 0.560 bits per heavy atom. The van der Waals surface area contributed by atoms with Crippen molar-refractivity contribution in [2.75, 3.05) is 0 Å². The summed E-state index contributed by atoms with van der Waals surface area (Å²) in [6.45, 7) is 0. The van der Waals surface area contributed by atoms with E-state index >= 15 is 0 Å². The molecule has 16 nitrogen and oxygen atoms in total. The summed E-state index contributed by atoms with van der Waals surface area (Å²) in [6.07, 6.45) is -9.76. The Balaban J connectivity index is -0.0000000432. The smallest absolute Gasteiger partial charge is 0.547 e. The van der Waals surface area contributed by atoms with E-state index in [1.165, 1.54) is 0 Å². The van der Waals surface area contributed by atoms with Gasteiger partial charge in [-0.2, -0.15) is 0 Å². The van der Waals surface area contributed by atoms with Gasteiger partial charge in [0.1, 0.15) is 24.4 Å². The molecule has 0 saturated heterocycles. The van der Waals surface area contributed by atoms with Crippen LogP contribution in [0.15, 0.2) is 0 Å². The second-order valence-corrected chi connectivity index (χ2v) is 3.06. The van der Waals surface area contributed by atoms with Crippen molar-refractivity contribution in [1.29, 1.82) is 0 Å². The van der Waals surface area contributed by atoms with E-state index in [0.717, 1.165) is 0 Å². The van der Waals surface area contributed by atoms with Gasteiger partial charge in [0.05, 0.1) is 23.9 Å². The first-order chi connectivity index (χ1) is 8.93. The van der Waals surface area contributed by atoms with Gasteiger partial charge in [-0.1, -0.05) is 0 Å². The van der Waals surface area contributed by atoms with Crippen LogP contribution in [0.2, 0.25) is 0 Å². The maximum absolute atomic E-state index is 9.63. The quantitative estimate of drug-likeness (QED) is 0.260. The van der Waals surface area contributed by atoms with Crippen LogP contribution in [-0.2, 0) is 19.2 Å². The fourth-order valence-electron chi connectivity index (χ4n) is 0.516. The molecule has 0 rings (SSSR count). The SMILES string of the molecule is O.O.O.O.O=C([O-])C(O)C(O)C(=O)[O-].O=C([O-])C(O)C(O)C(=O)[O-].[Ce+4]. The average molecular weight is 508 g/mol. The molecule has 25 heavy (non-hydrogen) atoms. The largest absolute Gasteiger partial charge is 4.00 e. The summed E-state index contributed by atoms with van der Waals surface area (Å²) in [5.41, 5.74) is 0. The van der Waals surface area contributed by atoms with Gasteiger partial charge in [0, 0.05) is 0 Å². The van der Waals surface area contributed by atoms with Crippen molar-refractivity contribution in [3.05, 3.63) is 0 Å². The van der Waals surface area contributed by atoms with Crippen molar-refractivity contribution in [2.24, 2.45) is 0 Å². The van der Waals surface area contributed by atoms with E-state index in [0.29, 0.717) is 0 Å². The third kappa shape index (κ3) is 19.1. The number of carbonyl (C=O) groups is 4. The van der Waals surface area contributed by atoms with Gasteiger partial charge < -0.3 is 81.9 Å². The zero-order valence-electron chi connectivity index (χ0n) is 11.9. The molecule has 12 N–H and O–H groups in total. The zero-order chi connectivity index (χ0) is 16.6. The average Bonchev–Trinajstić information content (AvgIpc) is 2.35. The van der Waals surface area contributed by atoms with E-state index in [-0.39, 0.29) is 63.7 Å². The van der Waals surface area contributed by atoms with Crippen LogP contribution in [0.5, 0.6) is 0 Å². The van der Waals surface area contributed by atoms with Crippen LogP contribution in [-0.4, -0.2) is 90.6 Å². The zero-order valence-corrected chi connectivity index (χ0v) is 15.0. The third-order valence-electron chi connectivity index (χ3n) is 1.56. The van der Waals surface area contributed by atoms with Crippen LogP contribution in [0.25, 0.3) is 0 Å². The normalized spacial score (nSPS) is 12.6. The molecule has 4 unspecified atom stereocenters. The molecule has 148 valence electrons. The van der Waals surface area contributed by atoms with Gasteiger partial charge in [0.25, 0.3) is 0 Å². The number of aliphatic hydroxyl groups excluding tert-OH is 4. The Labute approximate surface area is 171 Å². The van der Waals surface area contributed by atoms with Gasteiger partial charge >= 0.3 is 41.7 Å². The minimum atomic E-state index is -2.44. The van der Waals surface area contributed by atoms with Gasteiger partial charge in [-0.25, -0.2) is 0 Å². The Morgan fingerprint density at radius 1 is 0.480 bits per heavy atom. The Bertz CT molecular complexity index is 312. The first kappa shape index (κ1) is 43.9. The van der Waals surface area contributed by atoms with Crippen molar-refractivity contribution in [1.82, 2.24) is 0 Å². The molecule has 0 saturated carbocycles. The van der Waals surface area contributed by atoms with Crippen LogP contribution in [0.3, 0.4) is 0 Å². The molecule has 0 aliphatic heterocycles. The summed E-state index contributed by atoms with van der Waals surface area (Å²) in [5, 5.41) is 71.5. The van der Waals surface area contributed by atoms with E-state index in [4.69, 9.17) is 20.4 Å². The molecule has 0 aliphatic carbocycles. The summed E-state index contributed by atoms with van der Waals surface area (Å²) in [4.78, 5) is 38.5. The molecule has 0 fully saturated rings. The molecule has 0 aromatic rings. The topological polar surface area (TPSA) is 367 Å². The fourth-order valence-corrected chi connectivity index (χ4v) is 0.516. The fraction of sp³-hybridized carbons (Fsp3) is 0.500. The molecule has 0 amide bonds. The molecule has 0 aliphatic rings. The Morgan fingerprint density at radius 3 is 0.600 bits per heavy atom. The second kappa shape index (κ2) is 21.0. The molecular weight excluding hydrogens is 492 g/mol. The van der Waals surface area contributed by atoms with Crippen LogP contribution >= 0.6 is 0 Å². The van der Waals surface area contributed by atoms with E-state index in [9.17, 15) is 39.6 Å². The summed E-state index contributed by atoms with van der Waals surface area (Å²) < 4.78 is 0. The summed E-state index contributed by atoms with van der Waals surface area (Å²) >= 11 is 0. The van der Waals surface area contributed by atoms with Crippen molar-refractivity contribution in [3.63, 3.8) is 0 Å². The van der Waals surface area contributed by atoms with Gasteiger partial charge in [0.2, 0.25) is 0 Å². The monoisotopic (exact) mass is 508 g/mol. The third-order valence-corrected chi connectivity index (χ3v) is 1.56. The maximum Gasteiger partial charge on any atom is 4.00 e. The van der Waals surface area contributed by atoms with Crippen molar-refractivity contribution in [2.45, 2.75) is 24.4 Å². The molecule has 0 aromatic heterocycles. The number of hydrogen-bond donors (Lipinski definition) is 4. The standard InChI is InChI=1S/2C4H6O6.Ce.4H2O/c2*5-1(3(7)8)2(6)4(9)10;;;;;/h2*1-2,5-6H,(H,7,8)(H,9,10);;4*1H2/q;;+4;;;;/p-4. The van der Waals surface area contributed by atoms with Crippen molar-refractivity contribution < 1.29 is 124 Å². The molecule has 0 radical (unpaired) electrons. The van der Waals surface area contributed by atoms with Gasteiger partial charge in [-0.15, -0.1) is 0 Å². The predicted molar refractivity (Wildman–Crippen MR) is 58.5 cm³/mol. The van der Waals surface area contributed by atoms with Crippen LogP contribution in [0.4, 0.5) is 0 Å². The minimum Gasteiger partial charge on any atom is -0.547 e. The second-order valence-electron chi connectivity index (χ2n) is 3.06. The number of aliphatic carboxylic acids is 4. The molecular formula is C8H16CeO16. The predicted octanol–water partition coefficient (Wildman–Crippen LogP) is -12.9. The summed E-state index contributed by atoms with van der Waals surface area (Å²) in [6, 6.07) is 0. The van der Waals surface area contributed by atoms with E-state index in [1.54, 1.807) is 0 Å². The molecule has 0 heterocycles. The van der Waals surface area contributed by atoms with Gasteiger partial charge in [0.15, 0.2) is 0 Å². The number of hydrogen-bond acceptors (Lipinski definition) is 12. The molecule has 4 atom stereocenters. The number of aliphatic hydroxyl groups is 4. The van der Waals surface area contributed by atoms with E-state index in [1.807, 2.05) is 0 Å². The molecule has 0 bridgehead atoms. The van der Waals surface area contributed by atoms with Crippen molar-refractivity contribution >= 4 is 23.9 Å². The number of carbonyl (C=O) groups excluding carboxylic acids is 4. The van der Waals surface area contributed by atoms with Gasteiger partial charge in [-0.05, 0) is 0 Å². The Kier molecular flexibility index (Phi) is 36.8. The molecule has 0 spiro atoms. The number of rotatable bonds is 6. The number of carboxylic acids is 4. The van der Waals surface area contributed by atoms with Crippen LogP contribution in [0, 0.1) is 41.7 Å². The maximum atomic E-state index is 9.63. The van der Waals surface area contributed by atoms with Gasteiger partial charge in [-0.3, -0.25) is 0 Å².